The predicted molar refractivity (Wildman–Crippen MR) is 175 cm³/mol. The lowest BCUT2D eigenvalue weighted by atomic mass is 10.0. The monoisotopic (exact) mass is 704 g/mol. The Balaban J connectivity index is 4.66. The van der Waals surface area contributed by atoms with Crippen molar-refractivity contribution in [3.63, 3.8) is 0 Å². The second-order valence-electron chi connectivity index (χ2n) is 12.8. The van der Waals surface area contributed by atoms with Crippen LogP contribution in [-0.2, 0) is 41.8 Å². The molecule has 15 heteroatoms. The van der Waals surface area contributed by atoms with Gasteiger partial charge in [-0.25, -0.2) is 9.13 Å². The Hall–Kier alpha value is -0.880. The molecule has 1 unspecified atom stereocenters. The third kappa shape index (κ3) is 31.7. The largest absolute Gasteiger partial charge is 0.472 e. The molecule has 0 aromatic carbocycles. The van der Waals surface area contributed by atoms with E-state index in [-0.39, 0.29) is 19.4 Å². The summed E-state index contributed by atoms with van der Waals surface area (Å²) in [5.41, 5.74) is 0. The molecule has 0 rings (SSSR count). The van der Waals surface area contributed by atoms with E-state index in [1.165, 1.54) is 38.5 Å². The van der Waals surface area contributed by atoms with Crippen molar-refractivity contribution in [2.45, 2.75) is 149 Å². The zero-order valence-electron chi connectivity index (χ0n) is 28.5. The number of hydrogen-bond donors (Lipinski definition) is 4. The van der Waals surface area contributed by atoms with Crippen LogP contribution in [0.15, 0.2) is 0 Å². The molecule has 0 aromatic rings. The van der Waals surface area contributed by atoms with E-state index in [0.717, 1.165) is 50.9 Å². The Morgan fingerprint density at radius 1 is 0.565 bits per heavy atom. The molecule has 0 spiro atoms. The van der Waals surface area contributed by atoms with E-state index in [4.69, 9.17) is 23.8 Å². The van der Waals surface area contributed by atoms with Gasteiger partial charge >= 0.3 is 27.6 Å². The summed E-state index contributed by atoms with van der Waals surface area (Å²) in [5, 5.41) is 9.67. The van der Waals surface area contributed by atoms with Crippen LogP contribution in [0.3, 0.4) is 0 Å². The number of aliphatic hydroxyl groups excluding tert-OH is 1. The predicted octanol–water partition coefficient (Wildman–Crippen LogP) is 6.99. The van der Waals surface area contributed by atoms with Crippen LogP contribution in [0.2, 0.25) is 0 Å². The molecule has 0 aliphatic heterocycles. The molecule has 274 valence electrons. The molecule has 0 radical (unpaired) electrons. The summed E-state index contributed by atoms with van der Waals surface area (Å²) in [6.07, 6.45) is 13.2. The number of carbonyl (C=O) groups is 2. The van der Waals surface area contributed by atoms with Crippen LogP contribution in [0.5, 0.6) is 0 Å². The minimum atomic E-state index is -4.85. The van der Waals surface area contributed by atoms with Gasteiger partial charge in [0, 0.05) is 12.8 Å². The lowest BCUT2D eigenvalue weighted by Crippen LogP contribution is -2.30. The van der Waals surface area contributed by atoms with Crippen molar-refractivity contribution in [2.75, 3.05) is 26.4 Å². The average Bonchev–Trinajstić information content (AvgIpc) is 2.96. The van der Waals surface area contributed by atoms with Gasteiger partial charge < -0.3 is 29.3 Å². The molecule has 0 amide bonds. The van der Waals surface area contributed by atoms with Crippen LogP contribution in [0.1, 0.15) is 137 Å². The van der Waals surface area contributed by atoms with Gasteiger partial charge in [0.15, 0.2) is 6.10 Å². The van der Waals surface area contributed by atoms with Crippen molar-refractivity contribution in [2.24, 2.45) is 11.8 Å². The maximum atomic E-state index is 12.5. The first-order valence-electron chi connectivity index (χ1n) is 16.9. The molecule has 4 N–H and O–H groups in total. The molecular formula is C31H62O13P2. The maximum Gasteiger partial charge on any atom is 0.472 e. The number of aliphatic hydroxyl groups is 1. The van der Waals surface area contributed by atoms with E-state index < -0.39 is 59.6 Å². The van der Waals surface area contributed by atoms with Crippen molar-refractivity contribution in [1.82, 2.24) is 0 Å². The molecule has 0 fully saturated rings. The van der Waals surface area contributed by atoms with Gasteiger partial charge in [0.05, 0.1) is 19.8 Å². The van der Waals surface area contributed by atoms with Crippen molar-refractivity contribution < 1.29 is 61.6 Å². The first-order valence-corrected chi connectivity index (χ1v) is 20.0. The fourth-order valence-electron chi connectivity index (χ4n) is 4.48. The van der Waals surface area contributed by atoms with Crippen LogP contribution in [-0.4, -0.2) is 70.4 Å². The highest BCUT2D eigenvalue weighted by molar-refractivity contribution is 7.47. The summed E-state index contributed by atoms with van der Waals surface area (Å²) in [6.45, 7) is 6.17. The van der Waals surface area contributed by atoms with Crippen molar-refractivity contribution >= 4 is 27.6 Å². The molecule has 0 aliphatic rings. The Kier molecular flexibility index (Phi) is 26.5. The molecule has 13 nitrogen and oxygen atoms in total. The zero-order chi connectivity index (χ0) is 34.8. The summed E-state index contributed by atoms with van der Waals surface area (Å²) in [5.74, 6) is 0.384. The summed E-state index contributed by atoms with van der Waals surface area (Å²) in [4.78, 5) is 52.1. The van der Waals surface area contributed by atoms with E-state index in [1.54, 1.807) is 0 Å². The zero-order valence-corrected chi connectivity index (χ0v) is 30.3. The Labute approximate surface area is 276 Å². The van der Waals surface area contributed by atoms with Crippen LogP contribution < -0.4 is 0 Å². The second kappa shape index (κ2) is 27.0. The van der Waals surface area contributed by atoms with Gasteiger partial charge in [-0.2, -0.15) is 0 Å². The molecule has 0 aliphatic carbocycles. The number of hydrogen-bond acceptors (Lipinski definition) is 10. The summed E-state index contributed by atoms with van der Waals surface area (Å²) >= 11 is 0. The number of phosphoric acid groups is 2. The van der Waals surface area contributed by atoms with Crippen LogP contribution in [0.25, 0.3) is 0 Å². The lowest BCUT2D eigenvalue weighted by molar-refractivity contribution is -0.161. The third-order valence-corrected chi connectivity index (χ3v) is 8.53. The number of unbranched alkanes of at least 4 members (excludes halogenated alkanes) is 11. The van der Waals surface area contributed by atoms with Crippen LogP contribution in [0.4, 0.5) is 0 Å². The highest BCUT2D eigenvalue weighted by atomic mass is 31.2. The van der Waals surface area contributed by atoms with Gasteiger partial charge in [-0.05, 0) is 24.7 Å². The molecule has 46 heavy (non-hydrogen) atoms. The Morgan fingerprint density at radius 2 is 0.978 bits per heavy atom. The number of rotatable bonds is 31. The number of phosphoric ester groups is 2. The van der Waals surface area contributed by atoms with Gasteiger partial charge in [-0.3, -0.25) is 23.2 Å². The quantitative estimate of drug-likeness (QED) is 0.0328. The van der Waals surface area contributed by atoms with Gasteiger partial charge in [0.1, 0.15) is 12.7 Å². The smallest absolute Gasteiger partial charge is 0.462 e. The molecule has 0 saturated carbocycles. The standard InChI is InChI=1S/C31H62O13P2/c1-26(2)18-14-10-6-5-7-13-17-21-31(34)44-29(24-40-30(33)20-16-12-9-8-11-15-19-27(3)4)25-43-46(38,39)42-23-28(32)22-41-45(35,36)37/h26-29,32H,5-25H2,1-4H3,(H,38,39)(H2,35,36,37)/t28-,29+/m0/s1. The van der Waals surface area contributed by atoms with Gasteiger partial charge in [0.25, 0.3) is 0 Å². The normalized spacial score (nSPS) is 14.7. The molecule has 0 aromatic heterocycles. The van der Waals surface area contributed by atoms with Gasteiger partial charge in [0.2, 0.25) is 0 Å². The SMILES string of the molecule is CC(C)CCCCCCCCCC(=O)O[C@H](COC(=O)CCCCCCCCC(C)C)COP(=O)(O)OC[C@@H](O)COP(=O)(O)O. The molecule has 0 heterocycles. The summed E-state index contributed by atoms with van der Waals surface area (Å²) < 4.78 is 47.3. The minimum Gasteiger partial charge on any atom is -0.462 e. The molecule has 0 saturated heterocycles. The van der Waals surface area contributed by atoms with E-state index >= 15 is 0 Å². The lowest BCUT2D eigenvalue weighted by Gasteiger charge is -2.20. The average molecular weight is 705 g/mol. The van der Waals surface area contributed by atoms with E-state index in [0.29, 0.717) is 18.8 Å². The Morgan fingerprint density at radius 3 is 1.46 bits per heavy atom. The highest BCUT2D eigenvalue weighted by Gasteiger charge is 2.28. The van der Waals surface area contributed by atoms with Crippen LogP contribution in [0, 0.1) is 11.8 Å². The number of carbonyl (C=O) groups excluding carboxylic acids is 2. The van der Waals surface area contributed by atoms with Crippen molar-refractivity contribution in [3.05, 3.63) is 0 Å². The van der Waals surface area contributed by atoms with E-state index in [9.17, 15) is 28.7 Å². The fraction of sp³-hybridized carbons (Fsp3) is 0.935. The maximum absolute atomic E-state index is 12.5. The topological polar surface area (TPSA) is 195 Å². The highest BCUT2D eigenvalue weighted by Crippen LogP contribution is 2.43. The van der Waals surface area contributed by atoms with E-state index in [2.05, 4.69) is 36.7 Å². The number of esters is 2. The van der Waals surface area contributed by atoms with E-state index in [1.807, 2.05) is 0 Å². The van der Waals surface area contributed by atoms with Crippen molar-refractivity contribution in [1.29, 1.82) is 0 Å². The fourth-order valence-corrected chi connectivity index (χ4v) is 5.64. The van der Waals surface area contributed by atoms with Gasteiger partial charge in [-0.1, -0.05) is 111 Å². The molecular weight excluding hydrogens is 642 g/mol. The summed E-state index contributed by atoms with van der Waals surface area (Å²) in [6, 6.07) is 0. The van der Waals surface area contributed by atoms with Crippen LogP contribution >= 0.6 is 15.6 Å². The van der Waals surface area contributed by atoms with Gasteiger partial charge in [-0.15, -0.1) is 0 Å². The first kappa shape index (κ1) is 45.1. The third-order valence-electron chi connectivity index (χ3n) is 7.09. The second-order valence-corrected chi connectivity index (χ2v) is 15.4. The molecule has 3 atom stereocenters. The minimum absolute atomic E-state index is 0.133. The number of ether oxygens (including phenoxy) is 2. The Bertz CT molecular complexity index is 878. The molecule has 0 bridgehead atoms. The first-order chi connectivity index (χ1) is 21.6. The summed E-state index contributed by atoms with van der Waals surface area (Å²) in [7, 11) is -9.63. The van der Waals surface area contributed by atoms with Crippen molar-refractivity contribution in [3.8, 4) is 0 Å².